The highest BCUT2D eigenvalue weighted by Crippen LogP contribution is 2.31. The standard InChI is InChI=1S/C22H25N5O4S2/c1-30-18-9-6-10-19(31-2)16(18)13-24-21(23)26-22-25-17-11-12-27(14-20(17)32-22)33(28,29)15-7-4-3-5-8-15/h3-10H,11-14H2,1-2H3,(H3,23,24,25,26). The molecule has 3 aromatic rings. The van der Waals surface area contributed by atoms with Gasteiger partial charge in [-0.15, -0.1) is 11.3 Å². The quantitative estimate of drug-likeness (QED) is 0.388. The predicted molar refractivity (Wildman–Crippen MR) is 128 cm³/mol. The molecule has 0 spiro atoms. The zero-order valence-electron chi connectivity index (χ0n) is 18.3. The predicted octanol–water partition coefficient (Wildman–Crippen LogP) is 2.83. The number of nitrogens with one attached hydrogen (secondary N) is 1. The normalized spacial score (nSPS) is 14.5. The van der Waals surface area contributed by atoms with E-state index in [0.717, 1.165) is 16.1 Å². The fourth-order valence-corrected chi connectivity index (χ4v) is 6.11. The maximum atomic E-state index is 12.9. The van der Waals surface area contributed by atoms with Crippen LogP contribution in [-0.2, 0) is 29.5 Å². The van der Waals surface area contributed by atoms with Gasteiger partial charge in [0, 0.05) is 17.8 Å². The zero-order valence-corrected chi connectivity index (χ0v) is 19.9. The summed E-state index contributed by atoms with van der Waals surface area (Å²) in [5.74, 6) is 1.52. The van der Waals surface area contributed by atoms with Crippen molar-refractivity contribution in [3.63, 3.8) is 0 Å². The molecular weight excluding hydrogens is 462 g/mol. The molecule has 9 nitrogen and oxygen atoms in total. The minimum absolute atomic E-state index is 0.197. The van der Waals surface area contributed by atoms with Crippen molar-refractivity contribution < 1.29 is 17.9 Å². The van der Waals surface area contributed by atoms with E-state index in [1.54, 1.807) is 44.6 Å². The lowest BCUT2D eigenvalue weighted by molar-refractivity contribution is 0.385. The van der Waals surface area contributed by atoms with Crippen LogP contribution in [0.15, 0.2) is 58.4 Å². The molecule has 1 aliphatic rings. The monoisotopic (exact) mass is 487 g/mol. The topological polar surface area (TPSA) is 119 Å². The van der Waals surface area contributed by atoms with Gasteiger partial charge in [0.05, 0.1) is 43.5 Å². The van der Waals surface area contributed by atoms with Crippen LogP contribution in [0.4, 0.5) is 5.13 Å². The Morgan fingerprint density at radius 2 is 1.85 bits per heavy atom. The molecule has 11 heteroatoms. The Labute approximate surface area is 196 Å². The summed E-state index contributed by atoms with van der Waals surface area (Å²) in [5.41, 5.74) is 7.75. The maximum Gasteiger partial charge on any atom is 0.243 e. The molecule has 2 heterocycles. The summed E-state index contributed by atoms with van der Waals surface area (Å²) in [7, 11) is -0.375. The van der Waals surface area contributed by atoms with Gasteiger partial charge in [-0.1, -0.05) is 24.3 Å². The molecule has 4 rings (SSSR count). The van der Waals surface area contributed by atoms with Gasteiger partial charge in [0.25, 0.3) is 0 Å². The first-order valence-corrected chi connectivity index (χ1v) is 12.5. The largest absolute Gasteiger partial charge is 0.496 e. The number of rotatable bonds is 7. The van der Waals surface area contributed by atoms with Crippen LogP contribution in [0.1, 0.15) is 16.1 Å². The number of nitrogens with zero attached hydrogens (tertiary/aromatic N) is 3. The van der Waals surface area contributed by atoms with E-state index in [2.05, 4.69) is 15.3 Å². The molecule has 33 heavy (non-hydrogen) atoms. The van der Waals surface area contributed by atoms with Crippen molar-refractivity contribution >= 4 is 32.5 Å². The third kappa shape index (κ3) is 4.95. The Bertz CT molecular complexity index is 1240. The number of guanidine groups is 1. The highest BCUT2D eigenvalue weighted by molar-refractivity contribution is 7.89. The minimum atomic E-state index is -3.55. The molecule has 0 radical (unpaired) electrons. The van der Waals surface area contributed by atoms with E-state index in [1.807, 2.05) is 18.2 Å². The van der Waals surface area contributed by atoms with Gasteiger partial charge < -0.3 is 20.5 Å². The van der Waals surface area contributed by atoms with Gasteiger partial charge in [-0.3, -0.25) is 0 Å². The van der Waals surface area contributed by atoms with Gasteiger partial charge in [-0.05, 0) is 24.3 Å². The van der Waals surface area contributed by atoms with Crippen LogP contribution in [0.5, 0.6) is 11.5 Å². The van der Waals surface area contributed by atoms with Crippen LogP contribution in [0.2, 0.25) is 0 Å². The summed E-state index contributed by atoms with van der Waals surface area (Å²) in [6.07, 6.45) is 0.537. The summed E-state index contributed by atoms with van der Waals surface area (Å²) in [6.45, 7) is 0.923. The number of aliphatic imine (C=N–C) groups is 1. The van der Waals surface area contributed by atoms with E-state index >= 15 is 0 Å². The Hall–Kier alpha value is -3.15. The molecule has 0 unspecified atom stereocenters. The lowest BCUT2D eigenvalue weighted by Crippen LogP contribution is -2.35. The summed E-state index contributed by atoms with van der Waals surface area (Å²) < 4.78 is 38.1. The summed E-state index contributed by atoms with van der Waals surface area (Å²) in [4.78, 5) is 10.2. The van der Waals surface area contributed by atoms with Crippen molar-refractivity contribution in [3.05, 3.63) is 64.7 Å². The van der Waals surface area contributed by atoms with Crippen LogP contribution in [0.25, 0.3) is 0 Å². The van der Waals surface area contributed by atoms with Crippen LogP contribution in [0.3, 0.4) is 0 Å². The first kappa shape index (κ1) is 23.0. The van der Waals surface area contributed by atoms with Crippen molar-refractivity contribution in [1.29, 1.82) is 0 Å². The number of hydrogen-bond donors (Lipinski definition) is 2. The van der Waals surface area contributed by atoms with Crippen molar-refractivity contribution in [2.24, 2.45) is 10.7 Å². The van der Waals surface area contributed by atoms with Gasteiger partial charge in [0.1, 0.15) is 11.5 Å². The van der Waals surface area contributed by atoms with Gasteiger partial charge in [0.15, 0.2) is 11.1 Å². The van der Waals surface area contributed by atoms with Crippen molar-refractivity contribution in [2.75, 3.05) is 26.1 Å². The molecule has 0 saturated heterocycles. The second kappa shape index (κ2) is 9.77. The molecule has 1 aliphatic heterocycles. The third-order valence-corrected chi connectivity index (χ3v) is 8.11. The maximum absolute atomic E-state index is 12.9. The average molecular weight is 488 g/mol. The van der Waals surface area contributed by atoms with Crippen LogP contribution in [-0.4, -0.2) is 44.4 Å². The number of benzene rings is 2. The van der Waals surface area contributed by atoms with Crippen molar-refractivity contribution in [1.82, 2.24) is 9.29 Å². The molecule has 0 amide bonds. The van der Waals surface area contributed by atoms with Crippen molar-refractivity contribution in [3.8, 4) is 11.5 Å². The van der Waals surface area contributed by atoms with E-state index in [-0.39, 0.29) is 19.0 Å². The molecule has 2 aromatic carbocycles. The number of ether oxygens (including phenoxy) is 2. The number of aromatic nitrogens is 1. The lowest BCUT2D eigenvalue weighted by Gasteiger charge is -2.25. The van der Waals surface area contributed by atoms with E-state index in [1.165, 1.54) is 15.6 Å². The minimum Gasteiger partial charge on any atom is -0.496 e. The SMILES string of the molecule is COc1cccc(OC)c1CN=C(N)Nc1nc2c(s1)CN(S(=O)(=O)c1ccccc1)CC2. The zero-order chi connectivity index (χ0) is 23.4. The second-order valence-electron chi connectivity index (χ2n) is 7.26. The number of fused-ring (bicyclic) bond motifs is 1. The first-order chi connectivity index (χ1) is 15.9. The molecular formula is C22H25N5O4S2. The molecule has 0 aliphatic carbocycles. The highest BCUT2D eigenvalue weighted by Gasteiger charge is 2.30. The summed E-state index contributed by atoms with van der Waals surface area (Å²) >= 11 is 1.38. The Morgan fingerprint density at radius 1 is 1.15 bits per heavy atom. The number of hydrogen-bond acceptors (Lipinski definition) is 7. The fourth-order valence-electron chi connectivity index (χ4n) is 3.57. The van der Waals surface area contributed by atoms with Crippen LogP contribution < -0.4 is 20.5 Å². The molecule has 0 bridgehead atoms. The van der Waals surface area contributed by atoms with E-state index < -0.39 is 10.0 Å². The highest BCUT2D eigenvalue weighted by atomic mass is 32.2. The molecule has 174 valence electrons. The van der Waals surface area contributed by atoms with Crippen molar-refractivity contribution in [2.45, 2.75) is 24.4 Å². The number of nitrogens with two attached hydrogens (primary N) is 1. The molecule has 0 fully saturated rings. The fraction of sp³-hybridized carbons (Fsp3) is 0.273. The number of sulfonamides is 1. The van der Waals surface area contributed by atoms with E-state index in [4.69, 9.17) is 15.2 Å². The van der Waals surface area contributed by atoms with E-state index in [0.29, 0.717) is 34.5 Å². The summed E-state index contributed by atoms with van der Waals surface area (Å²) in [6, 6.07) is 14.0. The van der Waals surface area contributed by atoms with Crippen LogP contribution >= 0.6 is 11.3 Å². The smallest absolute Gasteiger partial charge is 0.243 e. The number of anilines is 1. The van der Waals surface area contributed by atoms with Gasteiger partial charge >= 0.3 is 0 Å². The lowest BCUT2D eigenvalue weighted by atomic mass is 10.2. The van der Waals surface area contributed by atoms with Crippen LogP contribution in [0, 0.1) is 0 Å². The molecule has 1 aromatic heterocycles. The van der Waals surface area contributed by atoms with Gasteiger partial charge in [0.2, 0.25) is 10.0 Å². The molecule has 0 atom stereocenters. The summed E-state index contributed by atoms with van der Waals surface area (Å²) in [5, 5.41) is 3.59. The second-order valence-corrected chi connectivity index (χ2v) is 10.3. The third-order valence-electron chi connectivity index (χ3n) is 5.25. The number of methoxy groups -OCH3 is 2. The first-order valence-electron chi connectivity index (χ1n) is 10.2. The Morgan fingerprint density at radius 3 is 2.52 bits per heavy atom. The average Bonchev–Trinajstić information content (AvgIpc) is 3.24. The Balaban J connectivity index is 1.46. The van der Waals surface area contributed by atoms with Gasteiger partial charge in [-0.25, -0.2) is 18.4 Å². The van der Waals surface area contributed by atoms with Gasteiger partial charge in [-0.2, -0.15) is 4.31 Å². The molecule has 3 N–H and O–H groups in total. The Kier molecular flexibility index (Phi) is 6.82. The van der Waals surface area contributed by atoms with E-state index in [9.17, 15) is 8.42 Å². The number of thiazole rings is 1. The molecule has 0 saturated carbocycles.